The molecule has 2 unspecified atom stereocenters. The summed E-state index contributed by atoms with van der Waals surface area (Å²) < 4.78 is 1.77. The molecule has 2 atom stereocenters. The van der Waals surface area contributed by atoms with E-state index < -0.39 is 35.8 Å². The number of nitrogens with one attached hydrogen (secondary N) is 2. The van der Waals surface area contributed by atoms with Crippen molar-refractivity contribution < 1.29 is 24.3 Å². The van der Waals surface area contributed by atoms with Gasteiger partial charge in [-0.1, -0.05) is 18.2 Å². The van der Waals surface area contributed by atoms with Crippen molar-refractivity contribution in [1.29, 1.82) is 0 Å². The standard InChI is InChI=1S/C21H22N4O5.Na.H/c1-13-12-24(2)20(29)18(19(13)28)23-21(30)22-15(11-17(26)27)16-9-6-10-25(16)14-7-4-3-5-8-14;;/h3-10,12,15,18H,11H2,1-2H3,(H,26,27)(H2,22,23,30);;. The second-order valence-corrected chi connectivity index (χ2v) is 6.97. The molecular weight excluding hydrogens is 411 g/mol. The third-order valence-corrected chi connectivity index (χ3v) is 4.76. The molecule has 1 aliphatic heterocycles. The Balaban J connectivity index is 0.00000341. The number of aromatic nitrogens is 1. The Morgan fingerprint density at radius 3 is 2.45 bits per heavy atom. The number of likely N-dealkylation sites (N-methyl/N-ethyl adjacent to an activating group) is 1. The topological polar surface area (TPSA) is 121 Å². The van der Waals surface area contributed by atoms with E-state index in [0.717, 1.165) is 5.69 Å². The van der Waals surface area contributed by atoms with Gasteiger partial charge in [0.1, 0.15) is 0 Å². The Labute approximate surface area is 201 Å². The summed E-state index contributed by atoms with van der Waals surface area (Å²) in [6, 6.07) is 9.66. The zero-order chi connectivity index (χ0) is 21.8. The van der Waals surface area contributed by atoms with Crippen LogP contribution in [0.5, 0.6) is 0 Å². The van der Waals surface area contributed by atoms with Crippen LogP contribution in [0.25, 0.3) is 5.69 Å². The molecule has 9 nitrogen and oxygen atoms in total. The van der Waals surface area contributed by atoms with Crippen LogP contribution in [0, 0.1) is 0 Å². The van der Waals surface area contributed by atoms with Crippen LogP contribution in [-0.2, 0) is 14.4 Å². The van der Waals surface area contributed by atoms with Gasteiger partial charge in [-0.15, -0.1) is 0 Å². The van der Waals surface area contributed by atoms with E-state index >= 15 is 0 Å². The van der Waals surface area contributed by atoms with E-state index in [0.29, 0.717) is 11.3 Å². The number of Topliss-reactive ketones (excluding diaryl/α,β-unsaturated/α-hetero) is 1. The number of carboxylic acids is 1. The second kappa shape index (κ2) is 10.4. The van der Waals surface area contributed by atoms with E-state index in [1.807, 2.05) is 30.3 Å². The third kappa shape index (κ3) is 5.63. The van der Waals surface area contributed by atoms with Gasteiger partial charge in [-0.25, -0.2) is 4.79 Å². The van der Waals surface area contributed by atoms with E-state index in [2.05, 4.69) is 10.6 Å². The molecule has 0 spiro atoms. The summed E-state index contributed by atoms with van der Waals surface area (Å²) in [4.78, 5) is 49.8. The van der Waals surface area contributed by atoms with Gasteiger partial charge in [-0.3, -0.25) is 14.4 Å². The van der Waals surface area contributed by atoms with Gasteiger partial charge >= 0.3 is 41.6 Å². The molecule has 0 saturated carbocycles. The molecule has 3 amide bonds. The summed E-state index contributed by atoms with van der Waals surface area (Å²) in [5, 5.41) is 14.3. The van der Waals surface area contributed by atoms with Crippen LogP contribution in [0.2, 0.25) is 0 Å². The summed E-state index contributed by atoms with van der Waals surface area (Å²) in [7, 11) is 1.49. The molecule has 10 heteroatoms. The van der Waals surface area contributed by atoms with Crippen molar-refractivity contribution in [2.24, 2.45) is 0 Å². The number of hydrogen-bond donors (Lipinski definition) is 3. The quantitative estimate of drug-likeness (QED) is 0.462. The minimum absolute atomic E-state index is 0. The number of ketones is 1. The number of urea groups is 1. The summed E-state index contributed by atoms with van der Waals surface area (Å²) in [5.74, 6) is -2.18. The SMILES string of the molecule is CC1=CN(C)C(=O)C(NC(=O)NC(CC(=O)O)c2cccn2-c2ccccc2)C1=O.[NaH]. The average molecular weight is 434 g/mol. The van der Waals surface area contributed by atoms with Crippen LogP contribution in [0.15, 0.2) is 60.4 Å². The zero-order valence-corrected chi connectivity index (χ0v) is 16.5. The Morgan fingerprint density at radius 2 is 1.81 bits per heavy atom. The monoisotopic (exact) mass is 434 g/mol. The van der Waals surface area contributed by atoms with Gasteiger partial charge in [-0.2, -0.15) is 0 Å². The predicted octanol–water partition coefficient (Wildman–Crippen LogP) is 0.957. The van der Waals surface area contributed by atoms with Gasteiger partial charge in [0.15, 0.2) is 11.8 Å². The number of amides is 3. The van der Waals surface area contributed by atoms with Crippen molar-refractivity contribution in [1.82, 2.24) is 20.1 Å². The van der Waals surface area contributed by atoms with Gasteiger partial charge in [0.25, 0.3) is 5.91 Å². The molecule has 0 saturated heterocycles. The fraction of sp³-hybridized carbons (Fsp3) is 0.238. The zero-order valence-electron chi connectivity index (χ0n) is 16.5. The molecule has 0 aliphatic carbocycles. The Morgan fingerprint density at radius 1 is 1.13 bits per heavy atom. The summed E-state index contributed by atoms with van der Waals surface area (Å²) in [5.41, 5.74) is 1.69. The Kier molecular flexibility index (Phi) is 8.21. The fourth-order valence-electron chi connectivity index (χ4n) is 3.33. The first-order valence-corrected chi connectivity index (χ1v) is 9.28. The van der Waals surface area contributed by atoms with Crippen molar-refractivity contribution in [3.8, 4) is 5.69 Å². The van der Waals surface area contributed by atoms with E-state index in [1.165, 1.54) is 18.1 Å². The average Bonchev–Trinajstić information content (AvgIpc) is 3.19. The van der Waals surface area contributed by atoms with Gasteiger partial charge in [0, 0.05) is 36.4 Å². The molecule has 2 heterocycles. The molecule has 0 radical (unpaired) electrons. The number of carbonyl (C=O) groups excluding carboxylic acids is 3. The van der Waals surface area contributed by atoms with Gasteiger partial charge in [0.05, 0.1) is 12.5 Å². The predicted molar refractivity (Wildman–Crippen MR) is 115 cm³/mol. The van der Waals surface area contributed by atoms with E-state index in [1.54, 1.807) is 29.8 Å². The van der Waals surface area contributed by atoms with E-state index in [4.69, 9.17) is 0 Å². The van der Waals surface area contributed by atoms with Gasteiger partial charge in [0.2, 0.25) is 0 Å². The van der Waals surface area contributed by atoms with E-state index in [-0.39, 0.29) is 36.0 Å². The molecular formula is C21H23N4NaO5. The number of carboxylic acid groups (broad SMARTS) is 1. The molecule has 3 rings (SSSR count). The van der Waals surface area contributed by atoms with Gasteiger partial charge in [-0.05, 0) is 31.2 Å². The van der Waals surface area contributed by atoms with Crippen LogP contribution in [0.3, 0.4) is 0 Å². The third-order valence-electron chi connectivity index (χ3n) is 4.76. The van der Waals surface area contributed by atoms with Crippen molar-refractivity contribution in [3.05, 3.63) is 66.1 Å². The summed E-state index contributed by atoms with van der Waals surface area (Å²) >= 11 is 0. The number of carbonyl (C=O) groups is 4. The van der Waals surface area contributed by atoms with Gasteiger partial charge < -0.3 is 25.2 Å². The normalized spacial score (nSPS) is 16.8. The number of nitrogens with zero attached hydrogens (tertiary/aromatic N) is 2. The number of benzene rings is 1. The van der Waals surface area contributed by atoms with Crippen LogP contribution >= 0.6 is 0 Å². The Hall–Kier alpha value is -2.88. The van der Waals surface area contributed by atoms with Crippen LogP contribution < -0.4 is 10.6 Å². The molecule has 1 aliphatic rings. The molecule has 1 aromatic heterocycles. The first kappa shape index (κ1) is 24.4. The van der Waals surface area contributed by atoms with Crippen molar-refractivity contribution in [2.45, 2.75) is 25.4 Å². The fourth-order valence-corrected chi connectivity index (χ4v) is 3.33. The number of hydrogen-bond acceptors (Lipinski definition) is 4. The first-order chi connectivity index (χ1) is 14.3. The van der Waals surface area contributed by atoms with Crippen LogP contribution in [0.4, 0.5) is 4.79 Å². The van der Waals surface area contributed by atoms with Crippen LogP contribution in [-0.4, -0.2) is 80.9 Å². The van der Waals surface area contributed by atoms with Crippen molar-refractivity contribution >= 4 is 53.2 Å². The van der Waals surface area contributed by atoms with Crippen molar-refractivity contribution in [3.63, 3.8) is 0 Å². The molecule has 3 N–H and O–H groups in total. The molecule has 1 aromatic carbocycles. The van der Waals surface area contributed by atoms with Crippen molar-refractivity contribution in [2.75, 3.05) is 7.05 Å². The van der Waals surface area contributed by atoms with E-state index in [9.17, 15) is 24.3 Å². The molecule has 158 valence electrons. The summed E-state index contributed by atoms with van der Waals surface area (Å²) in [6.07, 6.45) is 2.78. The Bertz CT molecular complexity index is 1020. The maximum atomic E-state index is 12.6. The number of aliphatic carboxylic acids is 1. The summed E-state index contributed by atoms with van der Waals surface area (Å²) in [6.45, 7) is 1.55. The minimum atomic E-state index is -1.36. The first-order valence-electron chi connectivity index (χ1n) is 9.28. The number of rotatable bonds is 6. The second-order valence-electron chi connectivity index (χ2n) is 6.97. The molecule has 31 heavy (non-hydrogen) atoms. The molecule has 0 bridgehead atoms. The maximum absolute atomic E-state index is 12.6. The number of para-hydroxylation sites is 1. The van der Waals surface area contributed by atoms with Crippen LogP contribution in [0.1, 0.15) is 25.1 Å². The molecule has 2 aromatic rings. The molecule has 0 fully saturated rings.